The maximum atomic E-state index is 15.1. The minimum absolute atomic E-state index is 0.0519. The fourth-order valence-electron chi connectivity index (χ4n) is 7.44. The first-order valence-corrected chi connectivity index (χ1v) is 16.2. The van der Waals surface area contributed by atoms with Gasteiger partial charge in [0.05, 0.1) is 50.6 Å². The van der Waals surface area contributed by atoms with E-state index in [1.807, 2.05) is 85.4 Å². The fourth-order valence-corrected chi connectivity index (χ4v) is 7.44. The molecule has 3 nitrogen and oxygen atoms in total. The van der Waals surface area contributed by atoms with E-state index < -0.39 is 11.7 Å². The van der Waals surface area contributed by atoms with Gasteiger partial charge in [-0.2, -0.15) is 18.4 Å². The lowest BCUT2D eigenvalue weighted by atomic mass is 9.92. The van der Waals surface area contributed by atoms with E-state index in [0.717, 1.165) is 65.9 Å². The van der Waals surface area contributed by atoms with Crippen molar-refractivity contribution >= 4 is 43.6 Å². The molecule has 0 aliphatic heterocycles. The zero-order valence-corrected chi connectivity index (χ0v) is 27.8. The second-order valence-electron chi connectivity index (χ2n) is 13.3. The monoisotopic (exact) mass is 647 g/mol. The van der Waals surface area contributed by atoms with Gasteiger partial charge in [-0.3, -0.25) is 0 Å². The van der Waals surface area contributed by atoms with Crippen LogP contribution in [0.25, 0.3) is 66.1 Å². The van der Waals surface area contributed by atoms with Gasteiger partial charge < -0.3 is 9.13 Å². The molecule has 2 heterocycles. The quantitative estimate of drug-likeness (QED) is 0.188. The van der Waals surface area contributed by atoms with Gasteiger partial charge in [-0.05, 0) is 107 Å². The molecule has 0 bridgehead atoms. The Bertz CT molecular complexity index is 2450. The van der Waals surface area contributed by atoms with Crippen molar-refractivity contribution < 1.29 is 13.2 Å². The number of halogens is 3. The molecule has 6 heteroatoms. The van der Waals surface area contributed by atoms with E-state index >= 15 is 13.2 Å². The van der Waals surface area contributed by atoms with Crippen LogP contribution >= 0.6 is 0 Å². The Morgan fingerprint density at radius 3 is 1.18 bits per heavy atom. The predicted octanol–water partition coefficient (Wildman–Crippen LogP) is 12.0. The second kappa shape index (κ2) is 10.9. The summed E-state index contributed by atoms with van der Waals surface area (Å²) in [4.78, 5) is 0. The summed E-state index contributed by atoms with van der Waals surface area (Å²) in [6.07, 6.45) is -4.63. The maximum Gasteiger partial charge on any atom is 0.417 e. The molecule has 6 aromatic carbocycles. The lowest BCUT2D eigenvalue weighted by molar-refractivity contribution is -0.137. The molecule has 0 amide bonds. The highest BCUT2D eigenvalue weighted by Crippen LogP contribution is 2.47. The Morgan fingerprint density at radius 2 is 0.837 bits per heavy atom. The highest BCUT2D eigenvalue weighted by Gasteiger charge is 2.36. The minimum Gasteiger partial charge on any atom is -0.308 e. The third-order valence-corrected chi connectivity index (χ3v) is 9.61. The molecule has 8 aromatic rings. The first kappa shape index (κ1) is 30.5. The van der Waals surface area contributed by atoms with Gasteiger partial charge in [0, 0.05) is 27.1 Å². The standard InChI is InChI=1S/C43H32F3N3/c1-24-7-12-36-31(16-24)32-17-25(2)8-13-37(32)48(36)40-21-29(23-47)22-41(42(40)30-11-6-28(5)20-35(30)43(44,45)46)49-38-14-9-26(3)18-33(38)34-19-27(4)10-15-39(34)49/h6-22H,1-5H3. The zero-order chi connectivity index (χ0) is 34.4. The smallest absolute Gasteiger partial charge is 0.308 e. The van der Waals surface area contributed by atoms with Gasteiger partial charge in [-0.15, -0.1) is 0 Å². The van der Waals surface area contributed by atoms with Gasteiger partial charge in [-0.1, -0.05) is 64.2 Å². The molecule has 0 saturated heterocycles. The van der Waals surface area contributed by atoms with E-state index in [2.05, 4.69) is 30.3 Å². The maximum absolute atomic E-state index is 15.1. The van der Waals surface area contributed by atoms with Crippen LogP contribution in [-0.2, 0) is 6.18 Å². The number of fused-ring (bicyclic) bond motifs is 6. The number of aryl methyl sites for hydroxylation is 5. The van der Waals surface area contributed by atoms with Crippen LogP contribution in [-0.4, -0.2) is 9.13 Å². The molecule has 2 aromatic heterocycles. The molecule has 0 atom stereocenters. The average Bonchev–Trinajstić information content (AvgIpc) is 3.54. The lowest BCUT2D eigenvalue weighted by Gasteiger charge is -2.23. The van der Waals surface area contributed by atoms with Crippen LogP contribution in [0.4, 0.5) is 13.2 Å². The Morgan fingerprint density at radius 1 is 0.490 bits per heavy atom. The van der Waals surface area contributed by atoms with E-state index in [1.54, 1.807) is 31.2 Å². The van der Waals surface area contributed by atoms with Crippen molar-refractivity contribution in [2.24, 2.45) is 0 Å². The lowest BCUT2D eigenvalue weighted by Crippen LogP contribution is -2.11. The van der Waals surface area contributed by atoms with E-state index in [4.69, 9.17) is 0 Å². The van der Waals surface area contributed by atoms with Crippen LogP contribution in [0.5, 0.6) is 0 Å². The van der Waals surface area contributed by atoms with Gasteiger partial charge in [0.15, 0.2) is 0 Å². The normalized spacial score (nSPS) is 12.1. The molecule has 0 spiro atoms. The molecule has 240 valence electrons. The summed E-state index contributed by atoms with van der Waals surface area (Å²) < 4.78 is 49.5. The van der Waals surface area contributed by atoms with Crippen LogP contribution in [0.2, 0.25) is 0 Å². The van der Waals surface area contributed by atoms with Crippen LogP contribution in [0, 0.1) is 45.9 Å². The average molecular weight is 648 g/mol. The topological polar surface area (TPSA) is 33.6 Å². The van der Waals surface area contributed by atoms with Crippen molar-refractivity contribution in [3.05, 3.63) is 142 Å². The number of nitrogens with zero attached hydrogens (tertiary/aromatic N) is 3. The summed E-state index contributed by atoms with van der Waals surface area (Å²) in [5.74, 6) is 0. The molecule has 0 N–H and O–H groups in total. The SMILES string of the molecule is Cc1ccc(-c2c(-n3c4ccc(C)cc4c4cc(C)ccc43)cc(C#N)cc2-n2c3ccc(C)cc3c3cc(C)ccc32)c(C(F)(F)F)c1. The molecule has 0 aliphatic carbocycles. The van der Waals surface area contributed by atoms with Crippen LogP contribution in [0.15, 0.2) is 103 Å². The third kappa shape index (κ3) is 4.80. The number of rotatable bonds is 3. The molecule has 0 aliphatic rings. The van der Waals surface area contributed by atoms with Crippen LogP contribution in [0.3, 0.4) is 0 Å². The Labute approximate surface area is 282 Å². The Balaban J connectivity index is 1.64. The minimum atomic E-state index is -4.63. The summed E-state index contributed by atoms with van der Waals surface area (Å²) >= 11 is 0. The van der Waals surface area contributed by atoms with Crippen molar-refractivity contribution in [3.8, 4) is 28.6 Å². The van der Waals surface area contributed by atoms with Crippen molar-refractivity contribution in [1.82, 2.24) is 9.13 Å². The second-order valence-corrected chi connectivity index (χ2v) is 13.3. The summed E-state index contributed by atoms with van der Waals surface area (Å²) in [5.41, 5.74) is 9.30. The highest BCUT2D eigenvalue weighted by molar-refractivity contribution is 6.12. The number of hydrogen-bond acceptors (Lipinski definition) is 1. The molecule has 0 unspecified atom stereocenters. The van der Waals surface area contributed by atoms with Crippen molar-refractivity contribution in [2.75, 3.05) is 0 Å². The Hall–Kier alpha value is -5.80. The number of alkyl halides is 3. The molecule has 0 radical (unpaired) electrons. The van der Waals surface area contributed by atoms with Crippen molar-refractivity contribution in [1.29, 1.82) is 5.26 Å². The Kier molecular flexibility index (Phi) is 6.77. The first-order chi connectivity index (χ1) is 23.4. The predicted molar refractivity (Wildman–Crippen MR) is 194 cm³/mol. The molecule has 0 saturated carbocycles. The largest absolute Gasteiger partial charge is 0.417 e. The van der Waals surface area contributed by atoms with Crippen molar-refractivity contribution in [3.63, 3.8) is 0 Å². The van der Waals surface area contributed by atoms with E-state index in [9.17, 15) is 5.26 Å². The molecular weight excluding hydrogens is 615 g/mol. The summed E-state index contributed by atoms with van der Waals surface area (Å²) in [7, 11) is 0. The van der Waals surface area contributed by atoms with E-state index in [-0.39, 0.29) is 5.56 Å². The van der Waals surface area contributed by atoms with Gasteiger partial charge in [0.25, 0.3) is 0 Å². The summed E-state index contributed by atoms with van der Waals surface area (Å²) in [6.45, 7) is 9.81. The third-order valence-electron chi connectivity index (χ3n) is 9.61. The van der Waals surface area contributed by atoms with E-state index in [1.165, 1.54) is 6.07 Å². The number of benzene rings is 6. The molecule has 8 rings (SSSR count). The first-order valence-electron chi connectivity index (χ1n) is 16.2. The van der Waals surface area contributed by atoms with Gasteiger partial charge in [0.2, 0.25) is 0 Å². The summed E-state index contributed by atoms with van der Waals surface area (Å²) in [6, 6.07) is 35.0. The zero-order valence-electron chi connectivity index (χ0n) is 27.8. The number of nitriles is 1. The fraction of sp³-hybridized carbons (Fsp3) is 0.140. The molecular formula is C43H32F3N3. The highest BCUT2D eigenvalue weighted by atomic mass is 19.4. The molecule has 49 heavy (non-hydrogen) atoms. The van der Waals surface area contributed by atoms with Gasteiger partial charge in [0.1, 0.15) is 0 Å². The van der Waals surface area contributed by atoms with Gasteiger partial charge >= 0.3 is 6.18 Å². The van der Waals surface area contributed by atoms with Crippen molar-refractivity contribution in [2.45, 2.75) is 40.8 Å². The molecule has 0 fully saturated rings. The summed E-state index contributed by atoms with van der Waals surface area (Å²) in [5, 5.41) is 14.5. The number of hydrogen-bond donors (Lipinski definition) is 0. The van der Waals surface area contributed by atoms with Crippen LogP contribution in [0.1, 0.15) is 38.9 Å². The number of aromatic nitrogens is 2. The van der Waals surface area contributed by atoms with Crippen LogP contribution < -0.4 is 0 Å². The van der Waals surface area contributed by atoms with E-state index in [0.29, 0.717) is 28.1 Å². The van der Waals surface area contributed by atoms with Gasteiger partial charge in [-0.25, -0.2) is 0 Å².